The maximum atomic E-state index is 13.3. The van der Waals surface area contributed by atoms with Crippen LogP contribution in [0.2, 0.25) is 0 Å². The summed E-state index contributed by atoms with van der Waals surface area (Å²) in [6.07, 6.45) is 2.33. The van der Waals surface area contributed by atoms with Crippen molar-refractivity contribution in [3.05, 3.63) is 89.8 Å². The molecule has 3 aromatic carbocycles. The Morgan fingerprint density at radius 2 is 1.83 bits per heavy atom. The minimum absolute atomic E-state index is 0.0511. The number of nitrogens with zero attached hydrogens (tertiary/aromatic N) is 3. The van der Waals surface area contributed by atoms with Gasteiger partial charge in [-0.2, -0.15) is 4.98 Å². The quantitative estimate of drug-likeness (QED) is 0.422. The fourth-order valence-corrected chi connectivity index (χ4v) is 5.29. The summed E-state index contributed by atoms with van der Waals surface area (Å²) in [5.41, 5.74) is 3.39. The first-order valence-corrected chi connectivity index (χ1v) is 12.4. The van der Waals surface area contributed by atoms with E-state index < -0.39 is 0 Å². The van der Waals surface area contributed by atoms with Gasteiger partial charge < -0.3 is 14.7 Å². The van der Waals surface area contributed by atoms with E-state index in [1.165, 1.54) is 0 Å². The Morgan fingerprint density at radius 3 is 2.66 bits per heavy atom. The minimum atomic E-state index is -0.110. The lowest BCUT2D eigenvalue weighted by Gasteiger charge is -2.22. The minimum Gasteiger partial charge on any atom is -0.347 e. The second kappa shape index (κ2) is 9.03. The van der Waals surface area contributed by atoms with Crippen molar-refractivity contribution in [1.29, 1.82) is 0 Å². The highest BCUT2D eigenvalue weighted by molar-refractivity contribution is 7.99. The highest BCUT2D eigenvalue weighted by atomic mass is 32.2. The number of anilines is 1. The Kier molecular flexibility index (Phi) is 5.58. The Labute approximate surface area is 206 Å². The number of aromatic nitrogens is 2. The molecule has 1 aromatic heterocycles. The van der Waals surface area contributed by atoms with Crippen molar-refractivity contribution < 1.29 is 14.1 Å². The number of carbonyl (C=O) groups is 2. The number of hydrogen-bond acceptors (Lipinski definition) is 6. The first-order valence-electron chi connectivity index (χ1n) is 11.5. The summed E-state index contributed by atoms with van der Waals surface area (Å²) in [4.78, 5) is 33.9. The third-order valence-corrected chi connectivity index (χ3v) is 7.18. The zero-order valence-corrected chi connectivity index (χ0v) is 19.6. The number of hydrogen-bond donors (Lipinski definition) is 1. The summed E-state index contributed by atoms with van der Waals surface area (Å²) in [7, 11) is 0. The van der Waals surface area contributed by atoms with Gasteiger partial charge in [-0.1, -0.05) is 59.4 Å². The molecule has 6 rings (SSSR count). The summed E-state index contributed by atoms with van der Waals surface area (Å²) in [5, 5.41) is 6.95. The van der Waals surface area contributed by atoms with Crippen molar-refractivity contribution in [3.63, 3.8) is 0 Å². The number of benzene rings is 3. The third kappa shape index (κ3) is 4.44. The van der Waals surface area contributed by atoms with E-state index in [0.29, 0.717) is 18.1 Å². The summed E-state index contributed by atoms with van der Waals surface area (Å²) in [5.74, 6) is 0.725. The SMILES string of the molecule is O=C(Cc1ccccc1)NCc1nc(-c2ccc3c(c2)Sc2ccccc2C(=O)N3C2CC2)no1. The van der Waals surface area contributed by atoms with Crippen LogP contribution in [0.1, 0.15) is 34.7 Å². The molecule has 0 atom stereocenters. The summed E-state index contributed by atoms with van der Waals surface area (Å²) >= 11 is 1.58. The standard InChI is InChI=1S/C27H22N4O3S/c32-24(14-17-6-2-1-3-7-17)28-16-25-29-26(30-34-25)18-10-13-21-23(15-18)35-22-9-5-4-8-20(22)27(33)31(21)19-11-12-19/h1-10,13,15,19H,11-12,14,16H2,(H,28,32). The number of carbonyl (C=O) groups excluding carboxylic acids is 2. The van der Waals surface area contributed by atoms with Crippen molar-refractivity contribution in [3.8, 4) is 11.4 Å². The van der Waals surface area contributed by atoms with Gasteiger partial charge in [0.05, 0.1) is 24.2 Å². The summed E-state index contributed by atoms with van der Waals surface area (Å²) in [6, 6.07) is 23.4. The molecule has 0 unspecified atom stereocenters. The molecule has 0 bridgehead atoms. The van der Waals surface area contributed by atoms with Gasteiger partial charge in [-0.15, -0.1) is 0 Å². The summed E-state index contributed by atoms with van der Waals surface area (Å²) in [6.45, 7) is 0.162. The lowest BCUT2D eigenvalue weighted by molar-refractivity contribution is -0.120. The smallest absolute Gasteiger partial charge is 0.259 e. The molecule has 1 saturated carbocycles. The second-order valence-corrected chi connectivity index (χ2v) is 9.72. The third-order valence-electron chi connectivity index (χ3n) is 6.06. The highest BCUT2D eigenvalue weighted by Gasteiger charge is 2.38. The Morgan fingerprint density at radius 1 is 1.03 bits per heavy atom. The van der Waals surface area contributed by atoms with Gasteiger partial charge in [-0.05, 0) is 48.7 Å². The molecule has 1 N–H and O–H groups in total. The van der Waals surface area contributed by atoms with Gasteiger partial charge in [0.2, 0.25) is 17.6 Å². The van der Waals surface area contributed by atoms with E-state index in [1.807, 2.05) is 77.7 Å². The van der Waals surface area contributed by atoms with Gasteiger partial charge in [0, 0.05) is 21.4 Å². The molecule has 2 amide bonds. The fourth-order valence-electron chi connectivity index (χ4n) is 4.18. The molecule has 174 valence electrons. The van der Waals surface area contributed by atoms with Crippen LogP contribution in [-0.4, -0.2) is 28.0 Å². The average molecular weight is 483 g/mol. The molecule has 0 spiro atoms. The molecule has 1 fully saturated rings. The van der Waals surface area contributed by atoms with Crippen molar-refractivity contribution in [2.45, 2.75) is 41.6 Å². The van der Waals surface area contributed by atoms with Crippen molar-refractivity contribution in [2.75, 3.05) is 4.90 Å². The van der Waals surface area contributed by atoms with Gasteiger partial charge in [-0.25, -0.2) is 0 Å². The Bertz CT molecular complexity index is 1410. The van der Waals surface area contributed by atoms with Crippen LogP contribution < -0.4 is 10.2 Å². The molecule has 1 aliphatic carbocycles. The molecule has 4 aromatic rings. The normalized spacial score (nSPS) is 14.7. The van der Waals surface area contributed by atoms with Crippen LogP contribution in [0, 0.1) is 0 Å². The molecular weight excluding hydrogens is 460 g/mol. The molecule has 1 aliphatic heterocycles. The van der Waals surface area contributed by atoms with Crippen molar-refractivity contribution >= 4 is 29.3 Å². The first-order chi connectivity index (χ1) is 17.2. The molecule has 7 nitrogen and oxygen atoms in total. The second-order valence-electron chi connectivity index (χ2n) is 8.64. The van der Waals surface area contributed by atoms with Gasteiger partial charge in [0.15, 0.2) is 0 Å². The predicted octanol–water partition coefficient (Wildman–Crippen LogP) is 4.87. The highest BCUT2D eigenvalue weighted by Crippen LogP contribution is 2.46. The zero-order valence-electron chi connectivity index (χ0n) is 18.8. The summed E-state index contributed by atoms with van der Waals surface area (Å²) < 4.78 is 5.38. The number of amides is 2. The van der Waals surface area contributed by atoms with E-state index in [4.69, 9.17) is 4.52 Å². The van der Waals surface area contributed by atoms with Crippen LogP contribution >= 0.6 is 11.8 Å². The molecule has 2 aliphatic rings. The lowest BCUT2D eigenvalue weighted by Crippen LogP contribution is -2.32. The average Bonchev–Trinajstić information content (AvgIpc) is 3.61. The van der Waals surface area contributed by atoms with E-state index in [2.05, 4.69) is 15.5 Å². The van der Waals surface area contributed by atoms with Crippen LogP contribution in [0.5, 0.6) is 0 Å². The van der Waals surface area contributed by atoms with E-state index >= 15 is 0 Å². The molecule has 0 saturated heterocycles. The predicted molar refractivity (Wildman–Crippen MR) is 132 cm³/mol. The topological polar surface area (TPSA) is 88.3 Å². The van der Waals surface area contributed by atoms with Crippen molar-refractivity contribution in [1.82, 2.24) is 15.5 Å². The fraction of sp³-hybridized carbons (Fsp3) is 0.185. The molecule has 2 heterocycles. The van der Waals surface area contributed by atoms with E-state index in [1.54, 1.807) is 11.8 Å². The number of fused-ring (bicyclic) bond motifs is 2. The van der Waals surface area contributed by atoms with Crippen LogP contribution in [-0.2, 0) is 17.8 Å². The monoisotopic (exact) mass is 482 g/mol. The van der Waals surface area contributed by atoms with Crippen LogP contribution in [0.25, 0.3) is 11.4 Å². The van der Waals surface area contributed by atoms with Crippen molar-refractivity contribution in [2.24, 2.45) is 0 Å². The Hall–Kier alpha value is -3.91. The zero-order chi connectivity index (χ0) is 23.8. The maximum Gasteiger partial charge on any atom is 0.259 e. The van der Waals surface area contributed by atoms with E-state index in [-0.39, 0.29) is 24.4 Å². The van der Waals surface area contributed by atoms with E-state index in [0.717, 1.165) is 45.0 Å². The van der Waals surface area contributed by atoms with Gasteiger partial charge in [-0.3, -0.25) is 9.59 Å². The molecule has 0 radical (unpaired) electrons. The Balaban J connectivity index is 1.22. The van der Waals surface area contributed by atoms with Gasteiger partial charge >= 0.3 is 0 Å². The van der Waals surface area contributed by atoms with Gasteiger partial charge in [0.1, 0.15) is 0 Å². The van der Waals surface area contributed by atoms with Crippen LogP contribution in [0.3, 0.4) is 0 Å². The number of nitrogens with one attached hydrogen (secondary N) is 1. The van der Waals surface area contributed by atoms with E-state index in [9.17, 15) is 9.59 Å². The largest absolute Gasteiger partial charge is 0.347 e. The maximum absolute atomic E-state index is 13.3. The molecular formula is C27H22N4O3S. The number of rotatable bonds is 6. The lowest BCUT2D eigenvalue weighted by atomic mass is 10.1. The van der Waals surface area contributed by atoms with Crippen LogP contribution in [0.15, 0.2) is 87.1 Å². The molecule has 8 heteroatoms. The van der Waals surface area contributed by atoms with Crippen LogP contribution in [0.4, 0.5) is 5.69 Å². The van der Waals surface area contributed by atoms with Gasteiger partial charge in [0.25, 0.3) is 5.91 Å². The molecule has 35 heavy (non-hydrogen) atoms. The first kappa shape index (κ1) is 21.6.